The van der Waals surface area contributed by atoms with Gasteiger partial charge in [0.05, 0.1) is 16.1 Å². The molecule has 3 rings (SSSR count). The van der Waals surface area contributed by atoms with Crippen molar-refractivity contribution in [3.8, 4) is 5.88 Å². The summed E-state index contributed by atoms with van der Waals surface area (Å²) in [5, 5.41) is 4.16. The molecule has 0 spiro atoms. The zero-order valence-electron chi connectivity index (χ0n) is 18.4. The Labute approximate surface area is 197 Å². The molecule has 0 bridgehead atoms. The van der Waals surface area contributed by atoms with Gasteiger partial charge >= 0.3 is 0 Å². The third-order valence-corrected chi connectivity index (χ3v) is 6.38. The fourth-order valence-corrected chi connectivity index (χ4v) is 4.46. The van der Waals surface area contributed by atoms with E-state index in [0.29, 0.717) is 6.54 Å². The number of ketones is 2. The van der Waals surface area contributed by atoms with Crippen LogP contribution in [0.4, 0.5) is 0 Å². The van der Waals surface area contributed by atoms with Crippen LogP contribution in [0.5, 0.6) is 5.88 Å². The molecule has 0 aliphatic heterocycles. The molecule has 0 radical (unpaired) electrons. The third-order valence-electron chi connectivity index (χ3n) is 4.82. The monoisotopic (exact) mass is 486 g/mol. The quantitative estimate of drug-likeness (QED) is 0.329. The number of hydrogen-bond acceptors (Lipinski definition) is 6. The van der Waals surface area contributed by atoms with Crippen molar-refractivity contribution >= 4 is 39.1 Å². The predicted octanol–water partition coefficient (Wildman–Crippen LogP) is 4.37. The zero-order chi connectivity index (χ0) is 24.2. The third kappa shape index (κ3) is 5.58. The summed E-state index contributed by atoms with van der Waals surface area (Å²) in [4.78, 5) is 24.8. The molecule has 2 aromatic carbocycles. The topological polar surface area (TPSA) is 95.3 Å². The molecular formula is C24H23ClN2O5S. The Morgan fingerprint density at radius 3 is 2.42 bits per heavy atom. The molecule has 33 heavy (non-hydrogen) atoms. The van der Waals surface area contributed by atoms with Crippen LogP contribution in [0.25, 0.3) is 6.08 Å². The number of aryl methyl sites for hydroxylation is 1. The molecule has 9 heteroatoms. The standard InChI is InChI=1S/C24H23ClN2O5S/c1-4-27-24(32-15-17-8-6-5-7-9-17)20(14-26-27)23(29)19-12-13-21(33(3,30)31)18(22(19)25)11-10-16(2)28/h5-14H,4,15H2,1-3H3. The average molecular weight is 487 g/mol. The highest BCUT2D eigenvalue weighted by Gasteiger charge is 2.25. The molecule has 0 saturated heterocycles. The lowest BCUT2D eigenvalue weighted by Gasteiger charge is -2.13. The Kier molecular flexibility index (Phi) is 7.50. The lowest BCUT2D eigenvalue weighted by Crippen LogP contribution is -2.10. The van der Waals surface area contributed by atoms with Crippen molar-refractivity contribution in [2.75, 3.05) is 6.26 Å². The van der Waals surface area contributed by atoms with E-state index in [2.05, 4.69) is 5.10 Å². The number of carbonyl (C=O) groups excluding carboxylic acids is 2. The van der Waals surface area contributed by atoms with Crippen LogP contribution in [0, 0.1) is 0 Å². The number of ether oxygens (including phenoxy) is 1. The van der Waals surface area contributed by atoms with E-state index in [9.17, 15) is 18.0 Å². The highest BCUT2D eigenvalue weighted by molar-refractivity contribution is 7.90. The van der Waals surface area contributed by atoms with Gasteiger partial charge < -0.3 is 4.74 Å². The molecule has 0 aliphatic carbocycles. The number of aromatic nitrogens is 2. The molecule has 172 valence electrons. The van der Waals surface area contributed by atoms with Crippen LogP contribution in [0.15, 0.2) is 59.6 Å². The molecule has 0 saturated carbocycles. The number of benzene rings is 2. The van der Waals surface area contributed by atoms with Gasteiger partial charge in [-0.2, -0.15) is 5.10 Å². The van der Waals surface area contributed by atoms with Crippen LogP contribution in [0.1, 0.15) is 40.9 Å². The van der Waals surface area contributed by atoms with Crippen LogP contribution in [-0.2, 0) is 27.8 Å². The minimum absolute atomic E-state index is 0.0707. The lowest BCUT2D eigenvalue weighted by molar-refractivity contribution is -0.112. The number of allylic oxidation sites excluding steroid dienone is 1. The van der Waals surface area contributed by atoms with Gasteiger partial charge in [0.1, 0.15) is 12.2 Å². The maximum absolute atomic E-state index is 13.4. The summed E-state index contributed by atoms with van der Waals surface area (Å²) < 4.78 is 31.9. The first-order chi connectivity index (χ1) is 15.6. The van der Waals surface area contributed by atoms with Gasteiger partial charge in [-0.25, -0.2) is 13.1 Å². The van der Waals surface area contributed by atoms with Gasteiger partial charge in [-0.15, -0.1) is 0 Å². The summed E-state index contributed by atoms with van der Waals surface area (Å²) in [5.74, 6) is -0.473. The minimum Gasteiger partial charge on any atom is -0.472 e. The normalized spacial score (nSPS) is 11.6. The van der Waals surface area contributed by atoms with Crippen LogP contribution >= 0.6 is 11.6 Å². The van der Waals surface area contributed by atoms with E-state index < -0.39 is 15.6 Å². The molecule has 0 fully saturated rings. The molecule has 3 aromatic rings. The molecule has 7 nitrogen and oxygen atoms in total. The Hall–Kier alpha value is -3.23. The first kappa shape index (κ1) is 24.4. The van der Waals surface area contributed by atoms with E-state index in [4.69, 9.17) is 16.3 Å². The van der Waals surface area contributed by atoms with Crippen molar-refractivity contribution in [2.45, 2.75) is 31.9 Å². The van der Waals surface area contributed by atoms with Crippen LogP contribution in [0.3, 0.4) is 0 Å². The lowest BCUT2D eigenvalue weighted by atomic mass is 10.0. The summed E-state index contributed by atoms with van der Waals surface area (Å²) in [6, 6.07) is 12.2. The Morgan fingerprint density at radius 1 is 1.12 bits per heavy atom. The van der Waals surface area contributed by atoms with E-state index in [1.165, 1.54) is 37.4 Å². The van der Waals surface area contributed by atoms with Crippen molar-refractivity contribution < 1.29 is 22.7 Å². The van der Waals surface area contributed by atoms with Crippen molar-refractivity contribution in [1.29, 1.82) is 0 Å². The second kappa shape index (κ2) is 10.1. The average Bonchev–Trinajstić information content (AvgIpc) is 3.19. The molecule has 1 heterocycles. The summed E-state index contributed by atoms with van der Waals surface area (Å²) in [6.45, 7) is 3.91. The van der Waals surface area contributed by atoms with Gasteiger partial charge in [-0.1, -0.05) is 41.9 Å². The largest absolute Gasteiger partial charge is 0.472 e. The van der Waals surface area contributed by atoms with Gasteiger partial charge in [0, 0.05) is 23.9 Å². The molecule has 0 N–H and O–H groups in total. The van der Waals surface area contributed by atoms with E-state index in [-0.39, 0.29) is 44.9 Å². The second-order valence-electron chi connectivity index (χ2n) is 7.34. The van der Waals surface area contributed by atoms with E-state index in [1.807, 2.05) is 37.3 Å². The molecule has 0 unspecified atom stereocenters. The fourth-order valence-electron chi connectivity index (χ4n) is 3.21. The second-order valence-corrected chi connectivity index (χ2v) is 9.70. The zero-order valence-corrected chi connectivity index (χ0v) is 20.0. The number of hydrogen-bond donors (Lipinski definition) is 0. The Bertz CT molecular complexity index is 1330. The molecule has 1 aromatic heterocycles. The highest BCUT2D eigenvalue weighted by atomic mass is 35.5. The van der Waals surface area contributed by atoms with Crippen LogP contribution in [-0.4, -0.2) is 36.0 Å². The summed E-state index contributed by atoms with van der Waals surface area (Å²) in [6.07, 6.45) is 4.94. The number of halogens is 1. The van der Waals surface area contributed by atoms with Gasteiger partial charge in [-0.05, 0) is 43.7 Å². The highest BCUT2D eigenvalue weighted by Crippen LogP contribution is 2.32. The summed E-state index contributed by atoms with van der Waals surface area (Å²) >= 11 is 6.50. The summed E-state index contributed by atoms with van der Waals surface area (Å²) in [7, 11) is -3.66. The van der Waals surface area contributed by atoms with Crippen molar-refractivity contribution in [2.24, 2.45) is 0 Å². The number of rotatable bonds is 9. The van der Waals surface area contributed by atoms with E-state index in [0.717, 1.165) is 11.8 Å². The fraction of sp³-hybridized carbons (Fsp3) is 0.208. The molecule has 0 amide bonds. The van der Waals surface area contributed by atoms with Gasteiger partial charge in [-0.3, -0.25) is 9.59 Å². The number of carbonyl (C=O) groups is 2. The number of nitrogens with zero attached hydrogens (tertiary/aromatic N) is 2. The number of sulfone groups is 1. The van der Waals surface area contributed by atoms with Crippen LogP contribution < -0.4 is 4.74 Å². The Morgan fingerprint density at radius 2 is 1.82 bits per heavy atom. The summed E-state index contributed by atoms with van der Waals surface area (Å²) in [5.41, 5.74) is 1.28. The van der Waals surface area contributed by atoms with Crippen LogP contribution in [0.2, 0.25) is 5.02 Å². The maximum atomic E-state index is 13.4. The van der Waals surface area contributed by atoms with Crippen molar-refractivity contribution in [3.63, 3.8) is 0 Å². The molecule has 0 aliphatic rings. The van der Waals surface area contributed by atoms with Gasteiger partial charge in [0.15, 0.2) is 15.6 Å². The Balaban J connectivity index is 2.06. The molecule has 0 atom stereocenters. The predicted molar refractivity (Wildman–Crippen MR) is 126 cm³/mol. The van der Waals surface area contributed by atoms with Crippen molar-refractivity contribution in [3.05, 3.63) is 82.0 Å². The minimum atomic E-state index is -3.66. The first-order valence-corrected chi connectivity index (χ1v) is 12.4. The van der Waals surface area contributed by atoms with E-state index in [1.54, 1.807) is 4.68 Å². The molecular weight excluding hydrogens is 464 g/mol. The van der Waals surface area contributed by atoms with Gasteiger partial charge in [0.25, 0.3) is 0 Å². The SMILES string of the molecule is CCn1ncc(C(=O)c2ccc(S(C)(=O)=O)c(C=CC(C)=O)c2Cl)c1OCc1ccccc1. The smallest absolute Gasteiger partial charge is 0.223 e. The first-order valence-electron chi connectivity index (χ1n) is 10.1. The van der Waals surface area contributed by atoms with Gasteiger partial charge in [0.2, 0.25) is 11.7 Å². The maximum Gasteiger partial charge on any atom is 0.223 e. The van der Waals surface area contributed by atoms with Crippen molar-refractivity contribution in [1.82, 2.24) is 9.78 Å². The van der Waals surface area contributed by atoms with E-state index >= 15 is 0 Å².